The van der Waals surface area contributed by atoms with Crippen LogP contribution in [-0.4, -0.2) is 24.6 Å². The molecule has 17 heavy (non-hydrogen) atoms. The minimum Gasteiger partial charge on any atom is -0.316 e. The summed E-state index contributed by atoms with van der Waals surface area (Å²) in [6.07, 6.45) is 1.13. The molecule has 0 spiro atoms. The number of rotatable bonds is 6. The molecule has 0 saturated carbocycles. The Kier molecular flexibility index (Phi) is 4.89. The van der Waals surface area contributed by atoms with Crippen molar-refractivity contribution in [2.75, 3.05) is 18.6 Å². The number of hydrogen-bond donors (Lipinski definition) is 1. The zero-order valence-corrected chi connectivity index (χ0v) is 12.0. The zero-order valence-electron chi connectivity index (χ0n) is 10.4. The highest BCUT2D eigenvalue weighted by Gasteiger charge is 2.10. The molecule has 0 fully saturated rings. The predicted molar refractivity (Wildman–Crippen MR) is 81.4 cm³/mol. The van der Waals surface area contributed by atoms with Gasteiger partial charge in [0.25, 0.3) is 0 Å². The molecule has 0 aliphatic heterocycles. The summed E-state index contributed by atoms with van der Waals surface area (Å²) < 4.78 is 1.40. The molecule has 1 heterocycles. The van der Waals surface area contributed by atoms with Crippen molar-refractivity contribution in [1.82, 2.24) is 5.32 Å². The van der Waals surface area contributed by atoms with Gasteiger partial charge in [0.05, 0.1) is 0 Å². The molecule has 0 aliphatic rings. The van der Waals surface area contributed by atoms with Gasteiger partial charge in [-0.2, -0.15) is 11.8 Å². The quantitative estimate of drug-likeness (QED) is 0.853. The predicted octanol–water partition coefficient (Wildman–Crippen LogP) is 3.78. The molecule has 1 atom stereocenters. The number of hydrogen-bond acceptors (Lipinski definition) is 3. The third-order valence-electron chi connectivity index (χ3n) is 2.96. The molecule has 2 aromatic rings. The summed E-state index contributed by atoms with van der Waals surface area (Å²) in [6, 6.07) is 9.27. The van der Waals surface area contributed by atoms with E-state index in [0.717, 1.165) is 6.42 Å². The number of thiophene rings is 1. The number of likely N-dealkylation sites (N-methyl/N-ethyl adjacent to an activating group) is 1. The molecule has 1 aromatic carbocycles. The Morgan fingerprint density at radius 2 is 2.18 bits per heavy atom. The van der Waals surface area contributed by atoms with Crippen LogP contribution in [0.4, 0.5) is 0 Å². The number of thioether (sulfide) groups is 1. The van der Waals surface area contributed by atoms with E-state index in [2.05, 4.69) is 48.9 Å². The fourth-order valence-corrected chi connectivity index (χ4v) is 3.74. The first-order valence-electron chi connectivity index (χ1n) is 6.05. The van der Waals surface area contributed by atoms with Crippen LogP contribution in [-0.2, 0) is 6.42 Å². The van der Waals surface area contributed by atoms with Crippen LogP contribution in [0.1, 0.15) is 12.5 Å². The molecule has 0 aliphatic carbocycles. The molecule has 92 valence electrons. The van der Waals surface area contributed by atoms with Crippen molar-refractivity contribution < 1.29 is 0 Å². The average molecular weight is 265 g/mol. The van der Waals surface area contributed by atoms with Crippen molar-refractivity contribution in [2.24, 2.45) is 0 Å². The van der Waals surface area contributed by atoms with Crippen LogP contribution in [0.2, 0.25) is 0 Å². The van der Waals surface area contributed by atoms with E-state index in [9.17, 15) is 0 Å². The fourth-order valence-electron chi connectivity index (χ4n) is 1.96. The summed E-state index contributed by atoms with van der Waals surface area (Å²) in [4.78, 5) is 0. The lowest BCUT2D eigenvalue weighted by molar-refractivity contribution is 0.620. The highest BCUT2D eigenvalue weighted by atomic mass is 32.2. The van der Waals surface area contributed by atoms with Gasteiger partial charge in [0, 0.05) is 16.5 Å². The third kappa shape index (κ3) is 3.24. The molecule has 0 saturated heterocycles. The summed E-state index contributed by atoms with van der Waals surface area (Å²) in [7, 11) is 2.06. The van der Waals surface area contributed by atoms with Crippen LogP contribution in [0.3, 0.4) is 0 Å². The average Bonchev–Trinajstić information content (AvgIpc) is 2.78. The lowest BCUT2D eigenvalue weighted by Crippen LogP contribution is -2.30. The maximum atomic E-state index is 3.42. The second-order valence-electron chi connectivity index (χ2n) is 4.11. The highest BCUT2D eigenvalue weighted by molar-refractivity contribution is 7.99. The summed E-state index contributed by atoms with van der Waals surface area (Å²) in [6.45, 7) is 2.22. The van der Waals surface area contributed by atoms with E-state index < -0.39 is 0 Å². The van der Waals surface area contributed by atoms with Gasteiger partial charge in [-0.05, 0) is 41.6 Å². The van der Waals surface area contributed by atoms with Gasteiger partial charge >= 0.3 is 0 Å². The van der Waals surface area contributed by atoms with Crippen LogP contribution in [0.25, 0.3) is 10.1 Å². The van der Waals surface area contributed by atoms with E-state index in [1.54, 1.807) is 0 Å². The topological polar surface area (TPSA) is 12.0 Å². The third-order valence-corrected chi connectivity index (χ3v) is 5.02. The van der Waals surface area contributed by atoms with E-state index >= 15 is 0 Å². The molecule has 3 heteroatoms. The van der Waals surface area contributed by atoms with Crippen molar-refractivity contribution in [2.45, 2.75) is 19.4 Å². The second kappa shape index (κ2) is 6.43. The second-order valence-corrected chi connectivity index (χ2v) is 6.34. The first kappa shape index (κ1) is 12.9. The van der Waals surface area contributed by atoms with E-state index in [0.29, 0.717) is 6.04 Å². The van der Waals surface area contributed by atoms with Gasteiger partial charge in [0.15, 0.2) is 0 Å². The van der Waals surface area contributed by atoms with Gasteiger partial charge < -0.3 is 5.32 Å². The summed E-state index contributed by atoms with van der Waals surface area (Å²) in [5.74, 6) is 2.39. The van der Waals surface area contributed by atoms with E-state index in [-0.39, 0.29) is 0 Å². The van der Waals surface area contributed by atoms with Gasteiger partial charge in [0.1, 0.15) is 0 Å². The van der Waals surface area contributed by atoms with Gasteiger partial charge in [-0.3, -0.25) is 0 Å². The molecule has 0 amide bonds. The largest absolute Gasteiger partial charge is 0.316 e. The standard InChI is InChI=1S/C14H19NS2/c1-3-16-10-12(15-2)8-11-9-17-14-7-5-4-6-13(11)14/h4-7,9,12,15H,3,8,10H2,1-2H3. The van der Waals surface area contributed by atoms with Crippen molar-refractivity contribution >= 4 is 33.2 Å². The Bertz CT molecular complexity index is 464. The van der Waals surface area contributed by atoms with Crippen molar-refractivity contribution in [3.8, 4) is 0 Å². The van der Waals surface area contributed by atoms with Crippen molar-refractivity contribution in [3.05, 3.63) is 35.2 Å². The number of benzene rings is 1. The Morgan fingerprint density at radius 1 is 1.35 bits per heavy atom. The molecular formula is C14H19NS2. The smallest absolute Gasteiger partial charge is 0.0345 e. The Hall–Kier alpha value is -0.510. The van der Waals surface area contributed by atoms with Crippen LogP contribution in [0.5, 0.6) is 0 Å². The van der Waals surface area contributed by atoms with Crippen LogP contribution in [0.15, 0.2) is 29.6 Å². The minimum absolute atomic E-state index is 0.581. The summed E-state index contributed by atoms with van der Waals surface area (Å²) >= 11 is 3.86. The fraction of sp³-hybridized carbons (Fsp3) is 0.429. The van der Waals surface area contributed by atoms with Crippen LogP contribution >= 0.6 is 23.1 Å². The minimum atomic E-state index is 0.581. The van der Waals surface area contributed by atoms with E-state index in [4.69, 9.17) is 0 Å². The monoisotopic (exact) mass is 265 g/mol. The molecule has 0 radical (unpaired) electrons. The van der Waals surface area contributed by atoms with Crippen molar-refractivity contribution in [3.63, 3.8) is 0 Å². The maximum absolute atomic E-state index is 3.42. The van der Waals surface area contributed by atoms with Crippen LogP contribution < -0.4 is 5.32 Å². The highest BCUT2D eigenvalue weighted by Crippen LogP contribution is 2.26. The molecule has 1 unspecified atom stereocenters. The lowest BCUT2D eigenvalue weighted by Gasteiger charge is -2.14. The lowest BCUT2D eigenvalue weighted by atomic mass is 10.1. The van der Waals surface area contributed by atoms with Gasteiger partial charge in [-0.15, -0.1) is 11.3 Å². The molecule has 1 aromatic heterocycles. The maximum Gasteiger partial charge on any atom is 0.0345 e. The normalized spacial score (nSPS) is 13.1. The van der Waals surface area contributed by atoms with Crippen LogP contribution in [0, 0.1) is 0 Å². The molecule has 2 rings (SSSR count). The SMILES string of the molecule is CCSCC(Cc1csc2ccccc12)NC. The van der Waals surface area contributed by atoms with E-state index in [1.807, 2.05) is 23.1 Å². The zero-order chi connectivity index (χ0) is 12.1. The Labute approximate surface area is 112 Å². The molecule has 1 nitrogen and oxygen atoms in total. The van der Waals surface area contributed by atoms with Crippen molar-refractivity contribution in [1.29, 1.82) is 0 Å². The molecule has 1 N–H and O–H groups in total. The Balaban J connectivity index is 2.11. The first-order valence-corrected chi connectivity index (χ1v) is 8.08. The number of nitrogens with one attached hydrogen (secondary N) is 1. The Morgan fingerprint density at radius 3 is 2.94 bits per heavy atom. The van der Waals surface area contributed by atoms with Gasteiger partial charge in [0.2, 0.25) is 0 Å². The molecule has 0 bridgehead atoms. The summed E-state index contributed by atoms with van der Waals surface area (Å²) in [5.41, 5.74) is 1.49. The molecular weight excluding hydrogens is 246 g/mol. The van der Waals surface area contributed by atoms with Gasteiger partial charge in [-0.25, -0.2) is 0 Å². The first-order chi connectivity index (χ1) is 8.35. The van der Waals surface area contributed by atoms with E-state index in [1.165, 1.54) is 27.2 Å². The van der Waals surface area contributed by atoms with Gasteiger partial charge in [-0.1, -0.05) is 25.1 Å². The number of fused-ring (bicyclic) bond motifs is 1. The summed E-state index contributed by atoms with van der Waals surface area (Å²) in [5, 5.41) is 7.16.